The van der Waals surface area contributed by atoms with E-state index in [1.54, 1.807) is 0 Å². The third-order valence-corrected chi connectivity index (χ3v) is 2.24. The third kappa shape index (κ3) is 3.00. The quantitative estimate of drug-likeness (QED) is 0.642. The van der Waals surface area contributed by atoms with Gasteiger partial charge in [0.05, 0.1) is 10.6 Å². The molecular weight excluding hydrogens is 268 g/mol. The summed E-state index contributed by atoms with van der Waals surface area (Å²) in [6, 6.07) is 3.92. The lowest BCUT2D eigenvalue weighted by Gasteiger charge is -2.04. The smallest absolute Gasteiger partial charge is 0.270 e. The molecule has 0 fully saturated rings. The van der Waals surface area contributed by atoms with Crippen LogP contribution in [0.4, 0.5) is 11.4 Å². The molecule has 15 heavy (non-hydrogen) atoms. The summed E-state index contributed by atoms with van der Waals surface area (Å²) in [4.78, 5) is 20.7. The molecule has 0 aromatic heterocycles. The highest BCUT2D eigenvalue weighted by Gasteiger charge is 2.10. The molecule has 6 nitrogen and oxygen atoms in total. The van der Waals surface area contributed by atoms with Crippen molar-refractivity contribution in [3.05, 3.63) is 32.8 Å². The average molecular weight is 275 g/mol. The molecule has 0 saturated carbocycles. The van der Waals surface area contributed by atoms with Crippen molar-refractivity contribution in [2.24, 2.45) is 0 Å². The molecule has 1 amide bonds. The van der Waals surface area contributed by atoms with Crippen molar-refractivity contribution in [2.45, 2.75) is 0 Å². The van der Waals surface area contributed by atoms with Crippen molar-refractivity contribution < 1.29 is 14.8 Å². The molecule has 0 atom stereocenters. The van der Waals surface area contributed by atoms with Crippen LogP contribution in [0.25, 0.3) is 0 Å². The van der Waals surface area contributed by atoms with Gasteiger partial charge in [0.15, 0.2) is 0 Å². The normalized spacial score (nSPS) is 9.73. The van der Waals surface area contributed by atoms with Gasteiger partial charge in [-0.1, -0.05) is 0 Å². The van der Waals surface area contributed by atoms with Crippen LogP contribution in [0.2, 0.25) is 0 Å². The number of nitrogens with one attached hydrogen (secondary N) is 1. The highest BCUT2D eigenvalue weighted by molar-refractivity contribution is 9.10. The minimum absolute atomic E-state index is 0.0797. The second-order valence-corrected chi connectivity index (χ2v) is 3.48. The van der Waals surface area contributed by atoms with E-state index < -0.39 is 17.4 Å². The molecule has 1 aromatic rings. The first-order valence-electron chi connectivity index (χ1n) is 3.89. The molecule has 1 aromatic carbocycles. The summed E-state index contributed by atoms with van der Waals surface area (Å²) in [6.45, 7) is -0.635. The maximum atomic E-state index is 10.8. The van der Waals surface area contributed by atoms with Gasteiger partial charge in [-0.25, -0.2) is 0 Å². The summed E-state index contributed by atoms with van der Waals surface area (Å²) in [5, 5.41) is 21.3. The molecule has 7 heteroatoms. The van der Waals surface area contributed by atoms with Gasteiger partial charge < -0.3 is 10.4 Å². The Bertz CT molecular complexity index is 408. The fraction of sp³-hybridized carbons (Fsp3) is 0.125. The number of hydrogen-bond donors (Lipinski definition) is 2. The Balaban J connectivity index is 2.93. The van der Waals surface area contributed by atoms with E-state index in [1.807, 2.05) is 0 Å². The lowest BCUT2D eigenvalue weighted by Crippen LogP contribution is -2.15. The lowest BCUT2D eigenvalue weighted by atomic mass is 10.3. The van der Waals surface area contributed by atoms with E-state index in [2.05, 4.69) is 21.2 Å². The third-order valence-electron chi connectivity index (χ3n) is 1.58. The van der Waals surface area contributed by atoms with Crippen molar-refractivity contribution in [3.8, 4) is 0 Å². The van der Waals surface area contributed by atoms with Gasteiger partial charge in [0.25, 0.3) is 5.69 Å². The maximum absolute atomic E-state index is 10.8. The number of nitrogens with zero attached hydrogens (tertiary/aromatic N) is 1. The number of benzene rings is 1. The van der Waals surface area contributed by atoms with Crippen LogP contribution in [0.3, 0.4) is 0 Å². The Hall–Kier alpha value is -1.47. The zero-order valence-corrected chi connectivity index (χ0v) is 9.02. The second kappa shape index (κ2) is 4.85. The number of aliphatic hydroxyl groups excluding tert-OH is 1. The number of non-ortho nitro benzene ring substituents is 1. The van der Waals surface area contributed by atoms with Gasteiger partial charge in [-0.05, 0) is 22.0 Å². The van der Waals surface area contributed by atoms with Crippen LogP contribution in [0.5, 0.6) is 0 Å². The van der Waals surface area contributed by atoms with Crippen LogP contribution in [0.15, 0.2) is 22.7 Å². The van der Waals surface area contributed by atoms with Crippen LogP contribution in [0, 0.1) is 10.1 Å². The van der Waals surface area contributed by atoms with Crippen LogP contribution in [0.1, 0.15) is 0 Å². The van der Waals surface area contributed by atoms with E-state index in [4.69, 9.17) is 5.11 Å². The van der Waals surface area contributed by atoms with Crippen LogP contribution >= 0.6 is 15.9 Å². The maximum Gasteiger partial charge on any atom is 0.270 e. The standard InChI is InChI=1S/C8H7BrN2O4/c9-6-3-5(11(14)15)1-2-7(6)10-8(13)4-12/h1-3,12H,4H2,(H,10,13). The molecule has 0 spiro atoms. The molecule has 0 aliphatic heterocycles. The van der Waals surface area contributed by atoms with Gasteiger partial charge in [0.2, 0.25) is 5.91 Å². The Kier molecular flexibility index (Phi) is 3.75. The number of aliphatic hydroxyl groups is 1. The Labute approximate surface area is 93.2 Å². The first-order valence-corrected chi connectivity index (χ1v) is 4.68. The SMILES string of the molecule is O=C(CO)Nc1ccc([N+](=O)[O-])cc1Br. The predicted molar refractivity (Wildman–Crippen MR) is 56.5 cm³/mol. The topological polar surface area (TPSA) is 92.5 Å². The molecule has 0 unspecified atom stereocenters. The number of hydrogen-bond acceptors (Lipinski definition) is 4. The molecule has 2 N–H and O–H groups in total. The summed E-state index contributed by atoms with van der Waals surface area (Å²) >= 11 is 3.07. The molecule has 0 heterocycles. The number of anilines is 1. The highest BCUT2D eigenvalue weighted by atomic mass is 79.9. The van der Waals surface area contributed by atoms with Gasteiger partial charge in [0, 0.05) is 16.6 Å². The van der Waals surface area contributed by atoms with Gasteiger partial charge in [-0.2, -0.15) is 0 Å². The molecule has 0 radical (unpaired) electrons. The first kappa shape index (κ1) is 11.6. The van der Waals surface area contributed by atoms with Crippen molar-refractivity contribution >= 4 is 33.2 Å². The fourth-order valence-electron chi connectivity index (χ4n) is 0.909. The number of amides is 1. The van der Waals surface area contributed by atoms with Gasteiger partial charge in [-0.3, -0.25) is 14.9 Å². The molecular formula is C8H7BrN2O4. The number of halogens is 1. The van der Waals surface area contributed by atoms with E-state index in [9.17, 15) is 14.9 Å². The Morgan fingerprint density at radius 2 is 2.27 bits per heavy atom. The van der Waals surface area contributed by atoms with Crippen molar-refractivity contribution in [1.29, 1.82) is 0 Å². The van der Waals surface area contributed by atoms with Crippen molar-refractivity contribution in [2.75, 3.05) is 11.9 Å². The number of rotatable bonds is 3. The zero-order valence-electron chi connectivity index (χ0n) is 7.44. The molecule has 80 valence electrons. The lowest BCUT2D eigenvalue weighted by molar-refractivity contribution is -0.384. The van der Waals surface area contributed by atoms with E-state index in [0.717, 1.165) is 0 Å². The minimum Gasteiger partial charge on any atom is -0.387 e. The fourth-order valence-corrected chi connectivity index (χ4v) is 1.37. The minimum atomic E-state index is -0.635. The van der Waals surface area contributed by atoms with Crippen LogP contribution in [-0.2, 0) is 4.79 Å². The predicted octanol–water partition coefficient (Wildman–Crippen LogP) is 1.29. The summed E-state index contributed by atoms with van der Waals surface area (Å²) in [7, 11) is 0. The van der Waals surface area contributed by atoms with E-state index in [1.165, 1.54) is 18.2 Å². The average Bonchev–Trinajstić information content (AvgIpc) is 2.20. The number of nitro groups is 1. The van der Waals surface area contributed by atoms with E-state index in [0.29, 0.717) is 10.2 Å². The molecule has 0 aliphatic rings. The Morgan fingerprint density at radius 3 is 2.73 bits per heavy atom. The zero-order chi connectivity index (χ0) is 11.4. The monoisotopic (exact) mass is 274 g/mol. The van der Waals surface area contributed by atoms with Gasteiger partial charge in [0.1, 0.15) is 6.61 Å². The summed E-state index contributed by atoms with van der Waals surface area (Å²) in [6.07, 6.45) is 0. The van der Waals surface area contributed by atoms with Crippen LogP contribution in [-0.4, -0.2) is 22.5 Å². The first-order chi connectivity index (χ1) is 7.04. The molecule has 0 aliphatic carbocycles. The number of carbonyl (C=O) groups excluding carboxylic acids is 1. The molecule has 0 saturated heterocycles. The molecule has 0 bridgehead atoms. The summed E-state index contributed by atoms with van der Waals surface area (Å²) in [5.41, 5.74) is 0.295. The molecule has 1 rings (SSSR count). The van der Waals surface area contributed by atoms with E-state index in [-0.39, 0.29) is 5.69 Å². The number of carbonyl (C=O) groups is 1. The van der Waals surface area contributed by atoms with Crippen LogP contribution < -0.4 is 5.32 Å². The van der Waals surface area contributed by atoms with Crippen molar-refractivity contribution in [3.63, 3.8) is 0 Å². The Morgan fingerprint density at radius 1 is 1.60 bits per heavy atom. The summed E-state index contributed by atoms with van der Waals surface area (Å²) < 4.78 is 0.388. The van der Waals surface area contributed by atoms with Gasteiger partial charge >= 0.3 is 0 Å². The van der Waals surface area contributed by atoms with Gasteiger partial charge in [-0.15, -0.1) is 0 Å². The van der Waals surface area contributed by atoms with Crippen molar-refractivity contribution in [1.82, 2.24) is 0 Å². The largest absolute Gasteiger partial charge is 0.387 e. The highest BCUT2D eigenvalue weighted by Crippen LogP contribution is 2.26. The van der Waals surface area contributed by atoms with E-state index >= 15 is 0 Å². The number of nitro benzene ring substituents is 1. The summed E-state index contributed by atoms with van der Waals surface area (Å²) in [5.74, 6) is -0.579. The second-order valence-electron chi connectivity index (χ2n) is 2.63.